The zero-order valence-corrected chi connectivity index (χ0v) is 18.8. The van der Waals surface area contributed by atoms with Crippen molar-refractivity contribution in [3.63, 3.8) is 0 Å². The van der Waals surface area contributed by atoms with Crippen molar-refractivity contribution in [2.24, 2.45) is 0 Å². The lowest BCUT2D eigenvalue weighted by Crippen LogP contribution is -2.30. The molecule has 2 aromatic carbocycles. The molecule has 32 heavy (non-hydrogen) atoms. The second-order valence-corrected chi connectivity index (χ2v) is 10.5. The van der Waals surface area contributed by atoms with Crippen LogP contribution >= 0.6 is 23.1 Å². The fourth-order valence-electron chi connectivity index (χ4n) is 3.60. The van der Waals surface area contributed by atoms with Gasteiger partial charge in [0, 0.05) is 12.2 Å². The van der Waals surface area contributed by atoms with Gasteiger partial charge in [-0.2, -0.15) is 13.1 Å². The van der Waals surface area contributed by atoms with E-state index in [9.17, 15) is 17.6 Å². The van der Waals surface area contributed by atoms with Gasteiger partial charge in [-0.15, -0.1) is 10.2 Å². The van der Waals surface area contributed by atoms with Crippen LogP contribution in [0.1, 0.15) is 33.7 Å². The second-order valence-electron chi connectivity index (χ2n) is 7.07. The molecular weight excluding hydrogens is 475 g/mol. The maximum atomic E-state index is 13.4. The molecule has 164 valence electrons. The molecule has 9 nitrogen and oxygen atoms in total. The van der Waals surface area contributed by atoms with Crippen molar-refractivity contribution in [2.45, 2.75) is 23.8 Å². The SMILES string of the molecule is O=C(Nc1cccc(F)c1)c1nnc([C@H]2CCCN2S(=O)(=O)c2cccc3nsnc23)s1. The van der Waals surface area contributed by atoms with Gasteiger partial charge in [-0.1, -0.05) is 23.5 Å². The number of carbonyl (C=O) groups is 1. The summed E-state index contributed by atoms with van der Waals surface area (Å²) in [5.41, 5.74) is 1.16. The first-order valence-corrected chi connectivity index (χ1v) is 12.6. The van der Waals surface area contributed by atoms with E-state index < -0.39 is 27.8 Å². The molecule has 0 saturated carbocycles. The summed E-state index contributed by atoms with van der Waals surface area (Å²) >= 11 is 1.98. The van der Waals surface area contributed by atoms with Crippen LogP contribution in [0.15, 0.2) is 47.4 Å². The van der Waals surface area contributed by atoms with E-state index in [0.29, 0.717) is 41.1 Å². The Morgan fingerprint density at radius 3 is 2.84 bits per heavy atom. The maximum Gasteiger partial charge on any atom is 0.286 e. The van der Waals surface area contributed by atoms with Crippen LogP contribution in [0.25, 0.3) is 11.0 Å². The lowest BCUT2D eigenvalue weighted by molar-refractivity contribution is 0.102. The highest BCUT2D eigenvalue weighted by molar-refractivity contribution is 7.89. The van der Waals surface area contributed by atoms with Crippen molar-refractivity contribution >= 4 is 55.7 Å². The molecule has 0 radical (unpaired) electrons. The Morgan fingerprint density at radius 1 is 1.16 bits per heavy atom. The molecular formula is C19H15FN6O3S3. The minimum Gasteiger partial charge on any atom is -0.320 e. The molecule has 1 fully saturated rings. The van der Waals surface area contributed by atoms with Crippen molar-refractivity contribution in [2.75, 3.05) is 11.9 Å². The van der Waals surface area contributed by atoms with Crippen LogP contribution in [0.2, 0.25) is 0 Å². The third-order valence-electron chi connectivity index (χ3n) is 5.04. The molecule has 0 spiro atoms. The first-order chi connectivity index (χ1) is 15.4. The molecule has 5 rings (SSSR count). The Morgan fingerprint density at radius 2 is 2.00 bits per heavy atom. The van der Waals surface area contributed by atoms with Gasteiger partial charge in [-0.25, -0.2) is 12.8 Å². The van der Waals surface area contributed by atoms with Crippen LogP contribution in [0.4, 0.5) is 10.1 Å². The van der Waals surface area contributed by atoms with E-state index in [1.54, 1.807) is 18.2 Å². The van der Waals surface area contributed by atoms with Crippen molar-refractivity contribution in [3.05, 3.63) is 58.3 Å². The minimum atomic E-state index is -3.86. The lowest BCUT2D eigenvalue weighted by atomic mass is 10.2. The summed E-state index contributed by atoms with van der Waals surface area (Å²) < 4.78 is 49.9. The van der Waals surface area contributed by atoms with Gasteiger partial charge in [0.25, 0.3) is 5.91 Å². The number of halogens is 1. The number of sulfonamides is 1. The topological polar surface area (TPSA) is 118 Å². The predicted octanol–water partition coefficient (Wildman–Crippen LogP) is 3.46. The summed E-state index contributed by atoms with van der Waals surface area (Å²) in [6, 6.07) is 9.85. The number of hydrogen-bond acceptors (Lipinski definition) is 9. The molecule has 0 bridgehead atoms. The molecule has 1 amide bonds. The van der Waals surface area contributed by atoms with Gasteiger partial charge in [0.05, 0.1) is 17.8 Å². The predicted molar refractivity (Wildman–Crippen MR) is 118 cm³/mol. The van der Waals surface area contributed by atoms with E-state index in [1.807, 2.05) is 0 Å². The monoisotopic (exact) mass is 490 g/mol. The largest absolute Gasteiger partial charge is 0.320 e. The molecule has 0 unspecified atom stereocenters. The number of anilines is 1. The molecule has 1 atom stereocenters. The van der Waals surface area contributed by atoms with Crippen LogP contribution in [-0.2, 0) is 10.0 Å². The number of fused-ring (bicyclic) bond motifs is 1. The van der Waals surface area contributed by atoms with E-state index in [2.05, 4.69) is 24.3 Å². The van der Waals surface area contributed by atoms with Gasteiger partial charge in [-0.05, 0) is 43.2 Å². The standard InChI is InChI=1S/C19H15FN6O3S3/c20-11-4-1-5-12(10-11)21-17(27)19-23-22-18(30-19)14-7-3-9-26(14)32(28,29)15-8-2-6-13-16(15)25-31-24-13/h1-2,4-6,8,10,14H,3,7,9H2,(H,21,27)/t14-/m1/s1. The maximum absolute atomic E-state index is 13.4. The Kier molecular flexibility index (Phi) is 5.41. The van der Waals surface area contributed by atoms with Crippen molar-refractivity contribution < 1.29 is 17.6 Å². The van der Waals surface area contributed by atoms with E-state index in [-0.39, 0.29) is 9.90 Å². The molecule has 2 aromatic heterocycles. The highest BCUT2D eigenvalue weighted by Gasteiger charge is 2.39. The first kappa shape index (κ1) is 21.0. The fraction of sp³-hybridized carbons (Fsp3) is 0.211. The third-order valence-corrected chi connectivity index (χ3v) is 8.55. The smallest absolute Gasteiger partial charge is 0.286 e. The zero-order valence-electron chi connectivity index (χ0n) is 16.3. The van der Waals surface area contributed by atoms with Crippen LogP contribution < -0.4 is 5.32 Å². The molecule has 13 heteroatoms. The fourth-order valence-corrected chi connectivity index (χ4v) is 6.97. The third kappa shape index (κ3) is 3.77. The van der Waals surface area contributed by atoms with E-state index in [0.717, 1.165) is 23.1 Å². The highest BCUT2D eigenvalue weighted by atomic mass is 32.2. The molecule has 1 aliphatic heterocycles. The second kappa shape index (κ2) is 8.24. The number of nitrogens with one attached hydrogen (secondary N) is 1. The summed E-state index contributed by atoms with van der Waals surface area (Å²) in [4.78, 5) is 12.6. The Balaban J connectivity index is 1.41. The number of amides is 1. The summed E-state index contributed by atoms with van der Waals surface area (Å²) in [7, 11) is -3.86. The highest BCUT2D eigenvalue weighted by Crippen LogP contribution is 2.39. The van der Waals surface area contributed by atoms with Gasteiger partial charge in [0.2, 0.25) is 15.0 Å². The van der Waals surface area contributed by atoms with E-state index >= 15 is 0 Å². The number of benzene rings is 2. The normalized spacial score (nSPS) is 17.1. The van der Waals surface area contributed by atoms with Gasteiger partial charge in [0.15, 0.2) is 0 Å². The van der Waals surface area contributed by atoms with Gasteiger partial charge >= 0.3 is 0 Å². The average Bonchev–Trinajstić information content (AvgIpc) is 3.53. The number of rotatable bonds is 5. The Bertz CT molecular complexity index is 1420. The van der Waals surface area contributed by atoms with Gasteiger partial charge in [0.1, 0.15) is 26.8 Å². The number of carbonyl (C=O) groups excluding carboxylic acids is 1. The lowest BCUT2D eigenvalue weighted by Gasteiger charge is -2.22. The summed E-state index contributed by atoms with van der Waals surface area (Å²) in [6.07, 6.45) is 1.21. The van der Waals surface area contributed by atoms with Gasteiger partial charge < -0.3 is 5.32 Å². The number of hydrogen-bond donors (Lipinski definition) is 1. The Hall–Kier alpha value is -2.87. The number of nitrogens with zero attached hydrogens (tertiary/aromatic N) is 5. The number of aromatic nitrogens is 4. The van der Waals surface area contributed by atoms with Crippen LogP contribution in [-0.4, -0.2) is 44.1 Å². The first-order valence-electron chi connectivity index (χ1n) is 9.57. The van der Waals surface area contributed by atoms with Crippen molar-refractivity contribution in [1.29, 1.82) is 0 Å². The van der Waals surface area contributed by atoms with Gasteiger partial charge in [-0.3, -0.25) is 4.79 Å². The van der Waals surface area contributed by atoms with E-state index in [1.165, 1.54) is 28.6 Å². The van der Waals surface area contributed by atoms with Crippen LogP contribution in [0, 0.1) is 5.82 Å². The van der Waals surface area contributed by atoms with Crippen LogP contribution in [0.3, 0.4) is 0 Å². The van der Waals surface area contributed by atoms with Crippen LogP contribution in [0.5, 0.6) is 0 Å². The quantitative estimate of drug-likeness (QED) is 0.455. The Labute approximate surface area is 190 Å². The molecule has 1 saturated heterocycles. The summed E-state index contributed by atoms with van der Waals surface area (Å²) in [6.45, 7) is 0.325. The average molecular weight is 491 g/mol. The van der Waals surface area contributed by atoms with Crippen molar-refractivity contribution in [3.8, 4) is 0 Å². The molecule has 0 aliphatic carbocycles. The summed E-state index contributed by atoms with van der Waals surface area (Å²) in [5, 5.41) is 11.1. The van der Waals surface area contributed by atoms with Crippen molar-refractivity contribution in [1.82, 2.24) is 23.2 Å². The molecule has 1 aliphatic rings. The molecule has 1 N–H and O–H groups in total. The zero-order chi connectivity index (χ0) is 22.3. The van der Waals surface area contributed by atoms with E-state index in [4.69, 9.17) is 0 Å². The molecule has 3 heterocycles. The summed E-state index contributed by atoms with van der Waals surface area (Å²) in [5.74, 6) is -1.01. The molecule has 4 aromatic rings. The minimum absolute atomic E-state index is 0.0688.